The number of rotatable bonds is 0. The van der Waals surface area contributed by atoms with Crippen molar-refractivity contribution in [3.05, 3.63) is 11.8 Å². The topological polar surface area (TPSA) is 37.3 Å². The predicted molar refractivity (Wildman–Crippen MR) is 50.3 cm³/mol. The zero-order valence-electron chi connectivity index (χ0n) is 8.42. The van der Waals surface area contributed by atoms with E-state index in [4.69, 9.17) is 5.11 Å². The molecule has 2 aliphatic rings. The molecule has 0 aliphatic heterocycles. The molecule has 2 atom stereocenters. The van der Waals surface area contributed by atoms with Crippen molar-refractivity contribution in [2.75, 3.05) is 0 Å². The Morgan fingerprint density at radius 3 is 2.38 bits per heavy atom. The van der Waals surface area contributed by atoms with Gasteiger partial charge in [0.15, 0.2) is 5.78 Å². The summed E-state index contributed by atoms with van der Waals surface area (Å²) in [6.07, 6.45) is 3.04. The fraction of sp³-hybridized carbons (Fsp3) is 0.727. The molecule has 0 aromatic carbocycles. The number of hydrogen-bond donors (Lipinski definition) is 1. The number of aliphatic hydroxyl groups is 1. The summed E-state index contributed by atoms with van der Waals surface area (Å²) in [5.41, 5.74) is 0.448. The third-order valence-corrected chi connectivity index (χ3v) is 4.50. The molecule has 0 radical (unpaired) electrons. The van der Waals surface area contributed by atoms with E-state index in [1.54, 1.807) is 0 Å². The van der Waals surface area contributed by atoms with Gasteiger partial charge in [0, 0.05) is 11.0 Å². The molecule has 0 unspecified atom stereocenters. The summed E-state index contributed by atoms with van der Waals surface area (Å²) >= 11 is 0. The number of hydrogen-bond acceptors (Lipinski definition) is 2. The maximum absolute atomic E-state index is 11.9. The molecular formula is C11H16O2. The van der Waals surface area contributed by atoms with Gasteiger partial charge >= 0.3 is 0 Å². The number of ketones is 1. The Bertz CT molecular complexity index is 301. The highest BCUT2D eigenvalue weighted by atomic mass is 16.2. The molecule has 0 heterocycles. The van der Waals surface area contributed by atoms with Crippen molar-refractivity contribution < 1.29 is 9.90 Å². The molecule has 1 N–H and O–H groups in total. The average Bonchev–Trinajstić information content (AvgIpc) is 2.36. The fourth-order valence-corrected chi connectivity index (χ4v) is 3.08. The second-order valence-electron chi connectivity index (χ2n) is 5.06. The van der Waals surface area contributed by atoms with Crippen molar-refractivity contribution in [1.29, 1.82) is 0 Å². The largest absolute Gasteiger partial charge is 0.515 e. The highest BCUT2D eigenvalue weighted by molar-refractivity contribution is 6.04. The lowest BCUT2D eigenvalue weighted by Crippen LogP contribution is -2.32. The summed E-state index contributed by atoms with van der Waals surface area (Å²) in [4.78, 5) is 11.9. The van der Waals surface area contributed by atoms with Crippen LogP contribution >= 0.6 is 0 Å². The van der Waals surface area contributed by atoms with Gasteiger partial charge in [0.2, 0.25) is 0 Å². The molecular weight excluding hydrogens is 164 g/mol. The predicted octanol–water partition coefficient (Wildman–Crippen LogP) is 2.45. The highest BCUT2D eigenvalue weighted by Crippen LogP contribution is 2.65. The number of carbonyl (C=O) groups excluding carboxylic acids is 1. The SMILES string of the molecule is CC1(C)[C@H]2CC[C@]1(C)C(=O)/C2=C/O. The maximum atomic E-state index is 11.9. The molecule has 2 fully saturated rings. The molecule has 72 valence electrons. The van der Waals surface area contributed by atoms with Crippen LogP contribution in [0.3, 0.4) is 0 Å². The fourth-order valence-electron chi connectivity index (χ4n) is 3.08. The summed E-state index contributed by atoms with van der Waals surface area (Å²) in [6.45, 7) is 6.31. The molecule has 2 saturated carbocycles. The van der Waals surface area contributed by atoms with Gasteiger partial charge < -0.3 is 5.11 Å². The van der Waals surface area contributed by atoms with Gasteiger partial charge in [-0.1, -0.05) is 20.8 Å². The number of aliphatic hydroxyl groups excluding tert-OH is 1. The average molecular weight is 180 g/mol. The van der Waals surface area contributed by atoms with Gasteiger partial charge in [-0.15, -0.1) is 0 Å². The van der Waals surface area contributed by atoms with Crippen LogP contribution in [0.4, 0.5) is 0 Å². The van der Waals surface area contributed by atoms with Gasteiger partial charge in [0.25, 0.3) is 0 Å². The normalized spacial score (nSPS) is 44.7. The van der Waals surface area contributed by atoms with E-state index < -0.39 is 0 Å². The van der Waals surface area contributed by atoms with Crippen LogP contribution in [0, 0.1) is 16.7 Å². The van der Waals surface area contributed by atoms with E-state index in [1.165, 1.54) is 0 Å². The molecule has 2 heteroatoms. The van der Waals surface area contributed by atoms with Crippen molar-refractivity contribution >= 4 is 5.78 Å². The summed E-state index contributed by atoms with van der Waals surface area (Å²) < 4.78 is 0. The Kier molecular flexibility index (Phi) is 1.47. The third-order valence-electron chi connectivity index (χ3n) is 4.50. The van der Waals surface area contributed by atoms with Gasteiger partial charge in [0.1, 0.15) is 0 Å². The zero-order chi connectivity index (χ0) is 9.85. The Morgan fingerprint density at radius 1 is 1.46 bits per heavy atom. The standard InChI is InChI=1S/C11H16O2/c1-10(2)8-4-5-11(10,3)9(13)7(8)6-12/h6,8,12H,4-5H2,1-3H3/b7-6+/t8-,11+/m0/s1. The summed E-state index contributed by atoms with van der Waals surface area (Å²) in [6, 6.07) is 0. The zero-order valence-corrected chi connectivity index (χ0v) is 8.42. The third kappa shape index (κ3) is 0.725. The number of carbonyl (C=O) groups is 1. The van der Waals surface area contributed by atoms with Crippen molar-refractivity contribution in [2.45, 2.75) is 33.6 Å². The maximum Gasteiger partial charge on any atom is 0.168 e. The monoisotopic (exact) mass is 180 g/mol. The minimum absolute atomic E-state index is 0.0264. The first kappa shape index (κ1) is 8.79. The van der Waals surface area contributed by atoms with E-state index in [1.807, 2.05) is 6.92 Å². The molecule has 2 nitrogen and oxygen atoms in total. The summed E-state index contributed by atoms with van der Waals surface area (Å²) in [5, 5.41) is 9.02. The van der Waals surface area contributed by atoms with Crippen LogP contribution in [0.1, 0.15) is 33.6 Å². The van der Waals surface area contributed by atoms with Crippen LogP contribution in [0.15, 0.2) is 11.8 Å². The Balaban J connectivity index is 2.57. The summed E-state index contributed by atoms with van der Waals surface area (Å²) in [7, 11) is 0. The molecule has 2 rings (SSSR count). The van der Waals surface area contributed by atoms with Gasteiger partial charge in [-0.2, -0.15) is 0 Å². The molecule has 2 aliphatic carbocycles. The van der Waals surface area contributed by atoms with Crippen LogP contribution in [0.25, 0.3) is 0 Å². The quantitative estimate of drug-likeness (QED) is 0.459. The van der Waals surface area contributed by atoms with E-state index in [0.29, 0.717) is 5.57 Å². The van der Waals surface area contributed by atoms with Crippen molar-refractivity contribution in [3.8, 4) is 0 Å². The van der Waals surface area contributed by atoms with Gasteiger partial charge in [0.05, 0.1) is 6.26 Å². The van der Waals surface area contributed by atoms with E-state index in [-0.39, 0.29) is 22.5 Å². The van der Waals surface area contributed by atoms with E-state index in [2.05, 4.69) is 13.8 Å². The van der Waals surface area contributed by atoms with Gasteiger partial charge in [-0.05, 0) is 24.2 Å². The Labute approximate surface area is 78.6 Å². The molecule has 0 spiro atoms. The smallest absolute Gasteiger partial charge is 0.168 e. The molecule has 0 aromatic heterocycles. The second-order valence-corrected chi connectivity index (χ2v) is 5.06. The first-order valence-corrected chi connectivity index (χ1v) is 4.84. The van der Waals surface area contributed by atoms with Crippen LogP contribution < -0.4 is 0 Å². The van der Waals surface area contributed by atoms with Crippen LogP contribution in [0.2, 0.25) is 0 Å². The Hall–Kier alpha value is -0.790. The molecule has 0 aromatic rings. The van der Waals surface area contributed by atoms with Crippen LogP contribution in [-0.2, 0) is 4.79 Å². The van der Waals surface area contributed by atoms with Gasteiger partial charge in [-0.25, -0.2) is 0 Å². The molecule has 2 bridgehead atoms. The first-order chi connectivity index (χ1) is 5.95. The molecule has 0 amide bonds. The van der Waals surface area contributed by atoms with E-state index in [9.17, 15) is 4.79 Å². The van der Waals surface area contributed by atoms with Crippen LogP contribution in [-0.4, -0.2) is 10.9 Å². The van der Waals surface area contributed by atoms with Crippen molar-refractivity contribution in [2.24, 2.45) is 16.7 Å². The molecule has 13 heavy (non-hydrogen) atoms. The second kappa shape index (κ2) is 2.17. The lowest BCUT2D eigenvalue weighted by atomic mass is 9.70. The lowest BCUT2D eigenvalue weighted by Gasteiger charge is -2.31. The molecule has 0 saturated heterocycles. The Morgan fingerprint density at radius 2 is 2.08 bits per heavy atom. The van der Waals surface area contributed by atoms with Crippen LogP contribution in [0.5, 0.6) is 0 Å². The van der Waals surface area contributed by atoms with E-state index in [0.717, 1.165) is 19.1 Å². The number of allylic oxidation sites excluding steroid dienone is 1. The number of fused-ring (bicyclic) bond motifs is 2. The van der Waals surface area contributed by atoms with Crippen molar-refractivity contribution in [1.82, 2.24) is 0 Å². The van der Waals surface area contributed by atoms with Crippen molar-refractivity contribution in [3.63, 3.8) is 0 Å². The lowest BCUT2D eigenvalue weighted by molar-refractivity contribution is -0.125. The number of Topliss-reactive ketones (excluding diaryl/α,β-unsaturated/α-hetero) is 1. The van der Waals surface area contributed by atoms with E-state index >= 15 is 0 Å². The first-order valence-electron chi connectivity index (χ1n) is 4.84. The minimum Gasteiger partial charge on any atom is -0.515 e. The summed E-state index contributed by atoms with van der Waals surface area (Å²) in [5.74, 6) is 0.436. The van der Waals surface area contributed by atoms with Gasteiger partial charge in [-0.3, -0.25) is 4.79 Å². The minimum atomic E-state index is -0.230. The highest BCUT2D eigenvalue weighted by Gasteiger charge is 2.64.